The van der Waals surface area contributed by atoms with Crippen LogP contribution in [0.5, 0.6) is 0 Å². The summed E-state index contributed by atoms with van der Waals surface area (Å²) < 4.78 is 32.4. The van der Waals surface area contributed by atoms with E-state index in [-0.39, 0.29) is 5.57 Å². The maximum atomic E-state index is 12.2. The summed E-state index contributed by atoms with van der Waals surface area (Å²) in [6, 6.07) is 0. The second-order valence-electron chi connectivity index (χ2n) is 3.89. The van der Waals surface area contributed by atoms with Crippen molar-refractivity contribution in [2.45, 2.75) is 0 Å². The van der Waals surface area contributed by atoms with Gasteiger partial charge in [0.25, 0.3) is 10.1 Å². The van der Waals surface area contributed by atoms with Crippen molar-refractivity contribution in [2.24, 2.45) is 10.2 Å². The van der Waals surface area contributed by atoms with Crippen LogP contribution in [0.15, 0.2) is 55.9 Å². The van der Waals surface area contributed by atoms with Crippen LogP contribution in [0.4, 0.5) is 0 Å². The molecule has 0 aromatic heterocycles. The summed E-state index contributed by atoms with van der Waals surface area (Å²) >= 11 is 0. The Balaban J connectivity index is 3.06. The maximum Gasteiger partial charge on any atom is 0.295 e. The summed E-state index contributed by atoms with van der Waals surface area (Å²) in [7, 11) is -5.05. The second kappa shape index (κ2) is 5.31. The third-order valence-corrected chi connectivity index (χ3v) is 3.61. The Morgan fingerprint density at radius 3 is 2.23 bits per heavy atom. The van der Waals surface area contributed by atoms with Crippen LogP contribution < -0.4 is 0 Å². The zero-order valence-corrected chi connectivity index (χ0v) is 11.2. The molecule has 2 aliphatic carbocycles. The molecule has 0 aromatic rings. The average molecular weight is 320 g/mol. The molecule has 0 spiro atoms. The van der Waals surface area contributed by atoms with E-state index in [0.717, 1.165) is 12.2 Å². The van der Waals surface area contributed by atoms with Crippen molar-refractivity contribution in [1.82, 2.24) is 0 Å². The van der Waals surface area contributed by atoms with Gasteiger partial charge in [0, 0.05) is 15.4 Å². The maximum absolute atomic E-state index is 12.2. The largest absolute Gasteiger partial charge is 0.295 e. The van der Waals surface area contributed by atoms with Crippen LogP contribution in [0.25, 0.3) is 20.9 Å². The third kappa shape index (κ3) is 2.30. The molecular formula is C10H4N6O5S. The summed E-state index contributed by atoms with van der Waals surface area (Å²) in [6.07, 6.45) is 3.26. The van der Waals surface area contributed by atoms with Crippen molar-refractivity contribution in [3.8, 4) is 0 Å². The van der Waals surface area contributed by atoms with Crippen molar-refractivity contribution in [2.75, 3.05) is 0 Å². The van der Waals surface area contributed by atoms with Crippen LogP contribution in [0.3, 0.4) is 0 Å². The molecule has 2 aliphatic rings. The highest BCUT2D eigenvalue weighted by atomic mass is 32.2. The van der Waals surface area contributed by atoms with E-state index in [1.165, 1.54) is 6.08 Å². The molecule has 11 nitrogen and oxygen atoms in total. The van der Waals surface area contributed by atoms with Gasteiger partial charge < -0.3 is 0 Å². The standard InChI is InChI=1S/C10H4N6O5S/c11-15-13-7-8(14-16-12)10(22(19,20)21)6-4(9(7)18)2-1-3-5(6)17/h1-3H,(H,19,20,21). The molecule has 0 fully saturated rings. The molecule has 0 amide bonds. The first-order valence-corrected chi connectivity index (χ1v) is 6.81. The Morgan fingerprint density at radius 2 is 1.68 bits per heavy atom. The van der Waals surface area contributed by atoms with Gasteiger partial charge in [-0.1, -0.05) is 22.4 Å². The van der Waals surface area contributed by atoms with Gasteiger partial charge in [-0.05, 0) is 17.1 Å². The molecule has 1 N–H and O–H groups in total. The summed E-state index contributed by atoms with van der Waals surface area (Å²) in [6.45, 7) is 0. The molecule has 0 bridgehead atoms. The van der Waals surface area contributed by atoms with Crippen molar-refractivity contribution < 1.29 is 22.6 Å². The van der Waals surface area contributed by atoms with Gasteiger partial charge in [-0.15, -0.1) is 0 Å². The van der Waals surface area contributed by atoms with Crippen LogP contribution in [0.1, 0.15) is 0 Å². The number of carbonyl (C=O) groups excluding carboxylic acids is 2. The van der Waals surface area contributed by atoms with Crippen LogP contribution in [0.2, 0.25) is 0 Å². The summed E-state index contributed by atoms with van der Waals surface area (Å²) in [4.78, 5) is 27.7. The van der Waals surface area contributed by atoms with Gasteiger partial charge in [0.2, 0.25) is 0 Å². The Bertz CT molecular complexity index is 938. The number of carbonyl (C=O) groups is 2. The summed E-state index contributed by atoms with van der Waals surface area (Å²) in [5.41, 5.74) is 14.2. The Hall–Kier alpha value is -3.17. The molecule has 0 aliphatic heterocycles. The average Bonchev–Trinajstić information content (AvgIpc) is 2.43. The molecular weight excluding hydrogens is 316 g/mol. The molecule has 0 unspecified atom stereocenters. The van der Waals surface area contributed by atoms with Gasteiger partial charge in [-0.2, -0.15) is 8.42 Å². The minimum absolute atomic E-state index is 0.389. The molecule has 0 heterocycles. The van der Waals surface area contributed by atoms with E-state index in [0.29, 0.717) is 0 Å². The number of allylic oxidation sites excluding steroid dienone is 5. The first-order chi connectivity index (χ1) is 10.3. The lowest BCUT2D eigenvalue weighted by molar-refractivity contribution is -0.114. The normalized spacial score (nSPS) is 17.6. The Morgan fingerprint density at radius 1 is 1.09 bits per heavy atom. The number of azide groups is 2. The van der Waals surface area contributed by atoms with E-state index in [1.54, 1.807) is 0 Å². The van der Waals surface area contributed by atoms with Crippen LogP contribution >= 0.6 is 0 Å². The van der Waals surface area contributed by atoms with Crippen molar-refractivity contribution >= 4 is 21.7 Å². The first-order valence-electron chi connectivity index (χ1n) is 5.37. The lowest BCUT2D eigenvalue weighted by Gasteiger charge is -2.21. The predicted octanol–water partition coefficient (Wildman–Crippen LogP) is 1.61. The van der Waals surface area contributed by atoms with Gasteiger partial charge in [0.05, 0.1) is 17.0 Å². The molecule has 2 rings (SSSR count). The van der Waals surface area contributed by atoms with Crippen molar-refractivity contribution in [3.05, 3.63) is 66.6 Å². The molecule has 0 saturated heterocycles. The molecule has 12 heteroatoms. The number of fused-ring (bicyclic) bond motifs is 1. The number of Topliss-reactive ketones (excluding diaryl/α,β-unsaturated/α-hetero) is 1. The first kappa shape index (κ1) is 15.2. The highest BCUT2D eigenvalue weighted by Crippen LogP contribution is 2.38. The highest BCUT2D eigenvalue weighted by molar-refractivity contribution is 7.90. The zero-order valence-electron chi connectivity index (χ0n) is 10.4. The van der Waals surface area contributed by atoms with E-state index < -0.39 is 43.6 Å². The number of nitrogens with zero attached hydrogens (tertiary/aromatic N) is 6. The Labute approximate surface area is 121 Å². The number of ketones is 2. The number of hydrogen-bond acceptors (Lipinski definition) is 6. The fourth-order valence-electron chi connectivity index (χ4n) is 1.94. The molecule has 0 atom stereocenters. The van der Waals surface area contributed by atoms with Gasteiger partial charge in [-0.3, -0.25) is 14.1 Å². The SMILES string of the molecule is [N-]=[N+]=NC1=C(N=[N+]=[N-])C(S(=O)(=O)O)=C2C(=O)C=CC=C2C1=O. The lowest BCUT2D eigenvalue weighted by Crippen LogP contribution is -2.25. The van der Waals surface area contributed by atoms with E-state index in [9.17, 15) is 22.6 Å². The monoisotopic (exact) mass is 320 g/mol. The topological polar surface area (TPSA) is 186 Å². The quantitative estimate of drug-likeness (QED) is 0.357. The predicted molar refractivity (Wildman–Crippen MR) is 71.1 cm³/mol. The van der Waals surface area contributed by atoms with Crippen LogP contribution in [0, 0.1) is 0 Å². The molecule has 0 radical (unpaired) electrons. The van der Waals surface area contributed by atoms with Gasteiger partial charge in [0.15, 0.2) is 11.6 Å². The summed E-state index contributed by atoms with van der Waals surface area (Å²) in [5.74, 6) is -1.88. The molecule has 0 aromatic carbocycles. The van der Waals surface area contributed by atoms with E-state index >= 15 is 0 Å². The number of hydrogen-bond donors (Lipinski definition) is 1. The molecule has 22 heavy (non-hydrogen) atoms. The fourth-order valence-corrected chi connectivity index (χ4v) is 2.79. The third-order valence-electron chi connectivity index (χ3n) is 2.70. The van der Waals surface area contributed by atoms with Gasteiger partial charge >= 0.3 is 0 Å². The van der Waals surface area contributed by atoms with Crippen LogP contribution in [-0.4, -0.2) is 24.5 Å². The Kier molecular flexibility index (Phi) is 3.68. The van der Waals surface area contributed by atoms with E-state index in [4.69, 9.17) is 11.1 Å². The fraction of sp³-hybridized carbons (Fsp3) is 0. The van der Waals surface area contributed by atoms with Crippen molar-refractivity contribution in [3.63, 3.8) is 0 Å². The minimum atomic E-state index is -5.05. The van der Waals surface area contributed by atoms with Crippen molar-refractivity contribution in [1.29, 1.82) is 0 Å². The second-order valence-corrected chi connectivity index (χ2v) is 5.25. The van der Waals surface area contributed by atoms with Gasteiger partial charge in [-0.25, -0.2) is 0 Å². The molecule has 110 valence electrons. The van der Waals surface area contributed by atoms with Crippen LogP contribution in [-0.2, 0) is 19.7 Å². The smallest absolute Gasteiger partial charge is 0.289 e. The zero-order chi connectivity index (χ0) is 16.5. The van der Waals surface area contributed by atoms with Gasteiger partial charge in [0.1, 0.15) is 4.91 Å². The lowest BCUT2D eigenvalue weighted by atomic mass is 9.87. The highest BCUT2D eigenvalue weighted by Gasteiger charge is 2.39. The van der Waals surface area contributed by atoms with E-state index in [1.807, 2.05) is 0 Å². The van der Waals surface area contributed by atoms with E-state index in [2.05, 4.69) is 20.1 Å². The molecule has 0 saturated carbocycles. The number of rotatable bonds is 3. The minimum Gasteiger partial charge on any atom is -0.289 e. The summed E-state index contributed by atoms with van der Waals surface area (Å²) in [5, 5.41) is 5.99.